The van der Waals surface area contributed by atoms with Gasteiger partial charge in [0.15, 0.2) is 5.65 Å². The van der Waals surface area contributed by atoms with Gasteiger partial charge in [-0.25, -0.2) is 14.5 Å². The van der Waals surface area contributed by atoms with Crippen LogP contribution in [0.4, 0.5) is 10.5 Å². The van der Waals surface area contributed by atoms with Gasteiger partial charge in [0, 0.05) is 17.5 Å². The zero-order chi connectivity index (χ0) is 16.4. The minimum atomic E-state index is -0.169. The Kier molecular flexibility index (Phi) is 4.47. The quantitative estimate of drug-likeness (QED) is 0.910. The second kappa shape index (κ2) is 6.54. The van der Waals surface area contributed by atoms with E-state index in [0.29, 0.717) is 5.69 Å². The molecule has 1 aliphatic rings. The number of fused-ring (bicyclic) bond motifs is 1. The molecule has 7 heteroatoms. The van der Waals surface area contributed by atoms with Crippen LogP contribution in [0.25, 0.3) is 11.0 Å². The van der Waals surface area contributed by atoms with Gasteiger partial charge in [0.1, 0.15) is 0 Å². The fraction of sp³-hybridized carbons (Fsp3) is 0.562. The van der Waals surface area contributed by atoms with Crippen molar-refractivity contribution in [2.24, 2.45) is 0 Å². The molecule has 3 rings (SSSR count). The lowest BCUT2D eigenvalue weighted by molar-refractivity contribution is 0.221. The van der Waals surface area contributed by atoms with Crippen molar-refractivity contribution in [3.05, 3.63) is 18.5 Å². The van der Waals surface area contributed by atoms with E-state index in [0.717, 1.165) is 37.0 Å². The van der Waals surface area contributed by atoms with E-state index in [1.807, 2.05) is 10.7 Å². The maximum atomic E-state index is 12.1. The molecule has 2 amide bonds. The summed E-state index contributed by atoms with van der Waals surface area (Å²) in [5.41, 5.74) is 1.52. The van der Waals surface area contributed by atoms with Crippen molar-refractivity contribution in [1.29, 1.82) is 0 Å². The lowest BCUT2D eigenvalue weighted by Gasteiger charge is -2.29. The van der Waals surface area contributed by atoms with Gasteiger partial charge in [0.25, 0.3) is 0 Å². The summed E-state index contributed by atoms with van der Waals surface area (Å²) in [6.45, 7) is 6.17. The number of anilines is 1. The van der Waals surface area contributed by atoms with Gasteiger partial charge >= 0.3 is 6.03 Å². The van der Waals surface area contributed by atoms with Crippen LogP contribution in [0.5, 0.6) is 0 Å². The number of pyridine rings is 1. The third-order valence-electron chi connectivity index (χ3n) is 4.23. The minimum Gasteiger partial charge on any atom is -0.335 e. The second-order valence-electron chi connectivity index (χ2n) is 6.50. The molecule has 23 heavy (non-hydrogen) atoms. The Morgan fingerprint density at radius 2 is 2.04 bits per heavy atom. The Labute approximate surface area is 136 Å². The number of carbonyl (C=O) groups is 1. The first-order valence-corrected chi connectivity index (χ1v) is 8.12. The van der Waals surface area contributed by atoms with Gasteiger partial charge in [-0.05, 0) is 52.9 Å². The van der Waals surface area contributed by atoms with Gasteiger partial charge in [0.05, 0.1) is 18.1 Å². The first kappa shape index (κ1) is 15.7. The van der Waals surface area contributed by atoms with Crippen LogP contribution in [-0.2, 0) is 0 Å². The minimum absolute atomic E-state index is 0.169. The molecule has 0 bridgehead atoms. The van der Waals surface area contributed by atoms with Crippen molar-refractivity contribution in [2.75, 3.05) is 25.5 Å². The van der Waals surface area contributed by atoms with E-state index in [2.05, 4.69) is 46.5 Å². The average Bonchev–Trinajstić information content (AvgIpc) is 2.93. The molecule has 0 saturated carbocycles. The molecule has 124 valence electrons. The van der Waals surface area contributed by atoms with Crippen molar-refractivity contribution in [3.8, 4) is 0 Å². The summed E-state index contributed by atoms with van der Waals surface area (Å²) in [5.74, 6) is 0. The van der Waals surface area contributed by atoms with Crippen molar-refractivity contribution < 1.29 is 4.79 Å². The fourth-order valence-corrected chi connectivity index (χ4v) is 2.89. The molecule has 0 aromatic carbocycles. The van der Waals surface area contributed by atoms with Gasteiger partial charge in [-0.2, -0.15) is 5.10 Å². The summed E-state index contributed by atoms with van der Waals surface area (Å²) in [6.07, 6.45) is 5.43. The molecule has 7 nitrogen and oxygen atoms in total. The highest BCUT2D eigenvalue weighted by Crippen LogP contribution is 2.19. The Hall–Kier alpha value is -2.15. The molecule has 1 saturated heterocycles. The lowest BCUT2D eigenvalue weighted by atomic mass is 10.1. The van der Waals surface area contributed by atoms with Crippen molar-refractivity contribution in [1.82, 2.24) is 25.0 Å². The summed E-state index contributed by atoms with van der Waals surface area (Å²) in [5, 5.41) is 11.2. The van der Waals surface area contributed by atoms with Gasteiger partial charge in [0.2, 0.25) is 0 Å². The smallest absolute Gasteiger partial charge is 0.319 e. The zero-order valence-corrected chi connectivity index (χ0v) is 13.9. The molecule has 0 radical (unpaired) electrons. The van der Waals surface area contributed by atoms with Crippen LogP contribution in [0, 0.1) is 0 Å². The maximum Gasteiger partial charge on any atom is 0.319 e. The Balaban J connectivity index is 1.63. The number of aromatic nitrogens is 3. The molecule has 0 aliphatic carbocycles. The van der Waals surface area contributed by atoms with Crippen molar-refractivity contribution >= 4 is 22.8 Å². The summed E-state index contributed by atoms with van der Waals surface area (Å²) in [4.78, 5) is 18.8. The number of hydrogen-bond donors (Lipinski definition) is 2. The van der Waals surface area contributed by atoms with Crippen LogP contribution in [0.2, 0.25) is 0 Å². The monoisotopic (exact) mass is 316 g/mol. The topological polar surface area (TPSA) is 75.1 Å². The highest BCUT2D eigenvalue weighted by Gasteiger charge is 2.18. The summed E-state index contributed by atoms with van der Waals surface area (Å²) < 4.78 is 1.87. The van der Waals surface area contributed by atoms with Crippen molar-refractivity contribution in [3.63, 3.8) is 0 Å². The number of nitrogens with zero attached hydrogens (tertiary/aromatic N) is 4. The van der Waals surface area contributed by atoms with E-state index in [4.69, 9.17) is 0 Å². The Bertz CT molecular complexity index is 687. The van der Waals surface area contributed by atoms with Gasteiger partial charge in [-0.1, -0.05) is 0 Å². The molecule has 2 N–H and O–H groups in total. The lowest BCUT2D eigenvalue weighted by Crippen LogP contribution is -2.44. The molecule has 1 aliphatic heterocycles. The average molecular weight is 316 g/mol. The predicted molar refractivity (Wildman–Crippen MR) is 90.6 cm³/mol. The van der Waals surface area contributed by atoms with E-state index >= 15 is 0 Å². The van der Waals surface area contributed by atoms with E-state index in [-0.39, 0.29) is 18.1 Å². The first-order valence-electron chi connectivity index (χ1n) is 8.12. The number of hydrogen-bond acceptors (Lipinski definition) is 4. The van der Waals surface area contributed by atoms with E-state index in [1.165, 1.54) is 0 Å². The molecular formula is C16H24N6O. The SMILES string of the molecule is CC(C)n1ncc2cc(NC(=O)NC3CCN(C)CC3)cnc21. The number of amides is 2. The van der Waals surface area contributed by atoms with Gasteiger partial charge < -0.3 is 15.5 Å². The molecule has 3 heterocycles. The molecule has 1 fully saturated rings. The molecular weight excluding hydrogens is 292 g/mol. The van der Waals surface area contributed by atoms with Crippen LogP contribution in [0.15, 0.2) is 18.5 Å². The Morgan fingerprint density at radius 1 is 1.30 bits per heavy atom. The summed E-state index contributed by atoms with van der Waals surface area (Å²) in [6, 6.07) is 2.23. The molecule has 2 aromatic rings. The van der Waals surface area contributed by atoms with E-state index in [9.17, 15) is 4.79 Å². The number of nitrogens with one attached hydrogen (secondary N) is 2. The molecule has 0 unspecified atom stereocenters. The zero-order valence-electron chi connectivity index (χ0n) is 13.9. The summed E-state index contributed by atoms with van der Waals surface area (Å²) in [7, 11) is 2.11. The number of carbonyl (C=O) groups excluding carboxylic acids is 1. The van der Waals surface area contributed by atoms with E-state index < -0.39 is 0 Å². The molecule has 2 aromatic heterocycles. The number of urea groups is 1. The normalized spacial score (nSPS) is 16.9. The van der Waals surface area contributed by atoms with Crippen LogP contribution >= 0.6 is 0 Å². The third kappa shape index (κ3) is 3.61. The second-order valence-corrected chi connectivity index (χ2v) is 6.50. The summed E-state index contributed by atoms with van der Waals surface area (Å²) >= 11 is 0. The van der Waals surface area contributed by atoms with Gasteiger partial charge in [-0.15, -0.1) is 0 Å². The first-order chi connectivity index (χ1) is 11.0. The van der Waals surface area contributed by atoms with Crippen LogP contribution in [0.1, 0.15) is 32.7 Å². The molecule has 0 atom stereocenters. The predicted octanol–water partition coefficient (Wildman–Crippen LogP) is 2.23. The van der Waals surface area contributed by atoms with Crippen LogP contribution in [0.3, 0.4) is 0 Å². The van der Waals surface area contributed by atoms with Crippen molar-refractivity contribution in [2.45, 2.75) is 38.8 Å². The number of likely N-dealkylation sites (tertiary alicyclic amines) is 1. The Morgan fingerprint density at radius 3 is 2.74 bits per heavy atom. The van der Waals surface area contributed by atoms with E-state index in [1.54, 1.807) is 12.4 Å². The third-order valence-corrected chi connectivity index (χ3v) is 4.23. The highest BCUT2D eigenvalue weighted by atomic mass is 16.2. The van der Waals surface area contributed by atoms with Gasteiger partial charge in [-0.3, -0.25) is 0 Å². The highest BCUT2D eigenvalue weighted by molar-refractivity contribution is 5.91. The number of piperidine rings is 1. The maximum absolute atomic E-state index is 12.1. The molecule has 0 spiro atoms. The largest absolute Gasteiger partial charge is 0.335 e. The van der Waals surface area contributed by atoms with Crippen LogP contribution in [-0.4, -0.2) is 51.9 Å². The number of rotatable bonds is 3. The van der Waals surface area contributed by atoms with Crippen LogP contribution < -0.4 is 10.6 Å². The fourth-order valence-electron chi connectivity index (χ4n) is 2.89. The standard InChI is InChI=1S/C16H24N6O/c1-11(2)22-15-12(9-18-22)8-14(10-17-15)20-16(23)19-13-4-6-21(3)7-5-13/h8-11,13H,4-7H2,1-3H3,(H2,19,20,23).